The quantitative estimate of drug-likeness (QED) is 0.903. The van der Waals surface area contributed by atoms with Gasteiger partial charge in [-0.2, -0.15) is 5.10 Å². The fourth-order valence-corrected chi connectivity index (χ4v) is 2.75. The van der Waals surface area contributed by atoms with E-state index in [1.165, 1.54) is 32.1 Å². The van der Waals surface area contributed by atoms with Gasteiger partial charge in [-0.25, -0.2) is 4.98 Å². The molecule has 2 aromatic heterocycles. The molecule has 4 nitrogen and oxygen atoms in total. The summed E-state index contributed by atoms with van der Waals surface area (Å²) < 4.78 is 5.93. The fraction of sp³-hybridized carbons (Fsp3) is 0.571. The lowest BCUT2D eigenvalue weighted by atomic mass is 9.90. The van der Waals surface area contributed by atoms with Crippen molar-refractivity contribution in [3.63, 3.8) is 0 Å². The van der Waals surface area contributed by atoms with Crippen molar-refractivity contribution in [2.75, 3.05) is 6.61 Å². The van der Waals surface area contributed by atoms with Crippen molar-refractivity contribution in [1.29, 1.82) is 0 Å². The molecule has 2 aromatic rings. The number of fused-ring (bicyclic) bond motifs is 1. The molecule has 0 bridgehead atoms. The number of rotatable bonds is 3. The maximum Gasteiger partial charge on any atom is 0.224 e. The molecule has 0 saturated heterocycles. The fourth-order valence-electron chi connectivity index (χ4n) is 2.75. The van der Waals surface area contributed by atoms with Crippen molar-refractivity contribution in [2.45, 2.75) is 39.0 Å². The van der Waals surface area contributed by atoms with Gasteiger partial charge in [0.1, 0.15) is 0 Å². The van der Waals surface area contributed by atoms with Crippen LogP contribution in [0.1, 0.15) is 37.8 Å². The Balaban J connectivity index is 1.75. The predicted octanol–water partition coefficient (Wildman–Crippen LogP) is 3.23. The average Bonchev–Trinajstić information content (AvgIpc) is 2.80. The Labute approximate surface area is 107 Å². The number of hydrogen-bond donors (Lipinski definition) is 1. The number of pyridine rings is 1. The Morgan fingerprint density at radius 2 is 2.17 bits per heavy atom. The molecule has 1 aliphatic rings. The summed E-state index contributed by atoms with van der Waals surface area (Å²) in [4.78, 5) is 4.34. The van der Waals surface area contributed by atoms with E-state index in [4.69, 9.17) is 4.74 Å². The lowest BCUT2D eigenvalue weighted by molar-refractivity contribution is 0.205. The topological polar surface area (TPSA) is 50.8 Å². The predicted molar refractivity (Wildman–Crippen MR) is 70.7 cm³/mol. The van der Waals surface area contributed by atoms with E-state index in [-0.39, 0.29) is 0 Å². The first-order valence-electron chi connectivity index (χ1n) is 6.77. The molecule has 0 spiro atoms. The van der Waals surface area contributed by atoms with Gasteiger partial charge in [-0.1, -0.05) is 19.3 Å². The van der Waals surface area contributed by atoms with E-state index in [1.54, 1.807) is 6.20 Å². The minimum Gasteiger partial charge on any atom is -0.477 e. The highest BCUT2D eigenvalue weighted by Crippen LogP contribution is 2.27. The molecule has 0 aromatic carbocycles. The van der Waals surface area contributed by atoms with E-state index in [9.17, 15) is 0 Å². The van der Waals surface area contributed by atoms with Crippen LogP contribution in [-0.4, -0.2) is 21.8 Å². The van der Waals surface area contributed by atoms with Crippen LogP contribution in [0.15, 0.2) is 12.3 Å². The molecule has 2 heterocycles. The van der Waals surface area contributed by atoms with Gasteiger partial charge in [0.25, 0.3) is 0 Å². The molecule has 4 heteroatoms. The third kappa shape index (κ3) is 2.19. The molecule has 0 atom stereocenters. The first-order valence-corrected chi connectivity index (χ1v) is 6.77. The van der Waals surface area contributed by atoms with Crippen molar-refractivity contribution in [3.8, 4) is 5.88 Å². The molecule has 0 aliphatic heterocycles. The summed E-state index contributed by atoms with van der Waals surface area (Å²) in [5, 5.41) is 8.22. The minimum atomic E-state index is 0.697. The molecule has 3 rings (SSSR count). The third-order valence-electron chi connectivity index (χ3n) is 3.80. The van der Waals surface area contributed by atoms with Crippen LogP contribution in [0, 0.1) is 12.8 Å². The highest BCUT2D eigenvalue weighted by molar-refractivity contribution is 5.85. The number of nitrogens with zero attached hydrogens (tertiary/aromatic N) is 2. The Bertz CT molecular complexity index is 529. The second-order valence-corrected chi connectivity index (χ2v) is 5.16. The summed E-state index contributed by atoms with van der Waals surface area (Å²) in [6.07, 6.45) is 8.43. The van der Waals surface area contributed by atoms with E-state index in [0.717, 1.165) is 29.1 Å². The first kappa shape index (κ1) is 11.5. The second kappa shape index (κ2) is 4.96. The highest BCUT2D eigenvalue weighted by Gasteiger charge is 2.16. The molecule has 0 unspecified atom stereocenters. The summed E-state index contributed by atoms with van der Waals surface area (Å²) >= 11 is 0. The summed E-state index contributed by atoms with van der Waals surface area (Å²) in [6, 6.07) is 1.93. The summed E-state index contributed by atoms with van der Waals surface area (Å²) in [5.74, 6) is 1.42. The van der Waals surface area contributed by atoms with Crippen LogP contribution in [0.2, 0.25) is 0 Å². The number of H-pyrrole nitrogens is 1. The van der Waals surface area contributed by atoms with Crippen LogP contribution >= 0.6 is 0 Å². The Morgan fingerprint density at radius 1 is 1.33 bits per heavy atom. The zero-order chi connectivity index (χ0) is 12.4. The molecule has 1 fully saturated rings. The van der Waals surface area contributed by atoms with Gasteiger partial charge in [0, 0.05) is 6.20 Å². The molecule has 1 saturated carbocycles. The lowest BCUT2D eigenvalue weighted by Crippen LogP contribution is -2.15. The number of hydrogen-bond acceptors (Lipinski definition) is 3. The smallest absolute Gasteiger partial charge is 0.224 e. The van der Waals surface area contributed by atoms with Crippen LogP contribution in [0.3, 0.4) is 0 Å². The molecule has 0 radical (unpaired) electrons. The van der Waals surface area contributed by atoms with Gasteiger partial charge in [0.05, 0.1) is 23.2 Å². The second-order valence-electron chi connectivity index (χ2n) is 5.16. The Morgan fingerprint density at radius 3 is 3.00 bits per heavy atom. The number of aromatic nitrogens is 3. The van der Waals surface area contributed by atoms with E-state index < -0.39 is 0 Å². The lowest BCUT2D eigenvalue weighted by Gasteiger charge is -2.21. The highest BCUT2D eigenvalue weighted by atomic mass is 16.5. The molecule has 96 valence electrons. The van der Waals surface area contributed by atoms with E-state index in [1.807, 2.05) is 13.0 Å². The Hall–Kier alpha value is -1.58. The number of aromatic amines is 1. The molecular weight excluding hydrogens is 226 g/mol. The Kier molecular flexibility index (Phi) is 3.17. The third-order valence-corrected chi connectivity index (χ3v) is 3.80. The molecule has 18 heavy (non-hydrogen) atoms. The van der Waals surface area contributed by atoms with E-state index >= 15 is 0 Å². The van der Waals surface area contributed by atoms with Gasteiger partial charge in [-0.3, -0.25) is 5.10 Å². The normalized spacial score (nSPS) is 17.2. The zero-order valence-corrected chi connectivity index (χ0v) is 10.8. The van der Waals surface area contributed by atoms with Crippen LogP contribution in [0.5, 0.6) is 5.88 Å². The van der Waals surface area contributed by atoms with Gasteiger partial charge in [0.15, 0.2) is 0 Å². The summed E-state index contributed by atoms with van der Waals surface area (Å²) in [6.45, 7) is 2.77. The monoisotopic (exact) mass is 245 g/mol. The average molecular weight is 245 g/mol. The van der Waals surface area contributed by atoms with Crippen LogP contribution in [0.4, 0.5) is 0 Å². The first-order chi connectivity index (χ1) is 8.84. The molecule has 1 aliphatic carbocycles. The molecular formula is C14H19N3O. The zero-order valence-electron chi connectivity index (χ0n) is 10.8. The SMILES string of the molecule is Cc1n[nH]c2ccnc(OCC3CCCCC3)c12. The summed E-state index contributed by atoms with van der Waals surface area (Å²) in [5.41, 5.74) is 1.96. The minimum absolute atomic E-state index is 0.697. The van der Waals surface area contributed by atoms with Crippen molar-refractivity contribution in [3.05, 3.63) is 18.0 Å². The van der Waals surface area contributed by atoms with E-state index in [0.29, 0.717) is 5.92 Å². The van der Waals surface area contributed by atoms with Gasteiger partial charge in [-0.15, -0.1) is 0 Å². The van der Waals surface area contributed by atoms with Gasteiger partial charge < -0.3 is 4.74 Å². The van der Waals surface area contributed by atoms with Crippen LogP contribution in [-0.2, 0) is 0 Å². The van der Waals surface area contributed by atoms with Crippen LogP contribution < -0.4 is 4.74 Å². The molecule has 0 amide bonds. The van der Waals surface area contributed by atoms with Crippen molar-refractivity contribution < 1.29 is 4.74 Å². The van der Waals surface area contributed by atoms with Crippen molar-refractivity contribution >= 4 is 10.9 Å². The standard InChI is InChI=1S/C14H19N3O/c1-10-13-12(17-16-10)7-8-15-14(13)18-9-11-5-3-2-4-6-11/h7-8,11H,2-6,9H2,1H3,(H,16,17). The maximum atomic E-state index is 5.93. The van der Waals surface area contributed by atoms with E-state index in [2.05, 4.69) is 15.2 Å². The number of aryl methyl sites for hydroxylation is 1. The molecule has 1 N–H and O–H groups in total. The van der Waals surface area contributed by atoms with Gasteiger partial charge in [-0.05, 0) is 31.7 Å². The summed E-state index contributed by atoms with van der Waals surface area (Å²) in [7, 11) is 0. The van der Waals surface area contributed by atoms with Crippen molar-refractivity contribution in [1.82, 2.24) is 15.2 Å². The van der Waals surface area contributed by atoms with Gasteiger partial charge in [0.2, 0.25) is 5.88 Å². The largest absolute Gasteiger partial charge is 0.477 e. The number of ether oxygens (including phenoxy) is 1. The van der Waals surface area contributed by atoms with Crippen LogP contribution in [0.25, 0.3) is 10.9 Å². The maximum absolute atomic E-state index is 5.93. The number of nitrogens with one attached hydrogen (secondary N) is 1. The van der Waals surface area contributed by atoms with Gasteiger partial charge >= 0.3 is 0 Å². The van der Waals surface area contributed by atoms with Crippen molar-refractivity contribution in [2.24, 2.45) is 5.92 Å².